The summed E-state index contributed by atoms with van der Waals surface area (Å²) in [5, 5.41) is 2.23. The van der Waals surface area contributed by atoms with Crippen molar-refractivity contribution in [3.63, 3.8) is 0 Å². The largest absolute Gasteiger partial charge is 0.309 e. The highest BCUT2D eigenvalue weighted by Gasteiger charge is 2.52. The Balaban J connectivity index is 1.09. The minimum Gasteiger partial charge on any atom is -0.309 e. The second-order valence-electron chi connectivity index (χ2n) is 16.3. The first-order valence-electron chi connectivity index (χ1n) is 21.2. The van der Waals surface area contributed by atoms with Gasteiger partial charge in [0.2, 0.25) is 0 Å². The molecular weight excluding hydrogens is 753 g/mol. The van der Waals surface area contributed by atoms with Crippen LogP contribution in [-0.4, -0.2) is 19.5 Å². The summed E-state index contributed by atoms with van der Waals surface area (Å²) < 4.78 is 2.38. The zero-order valence-corrected chi connectivity index (χ0v) is 33.6. The van der Waals surface area contributed by atoms with E-state index in [4.69, 9.17) is 15.0 Å². The number of fused-ring (bicyclic) bond motifs is 13. The summed E-state index contributed by atoms with van der Waals surface area (Å²) >= 11 is 0. The first-order chi connectivity index (χ1) is 30.8. The van der Waals surface area contributed by atoms with E-state index in [9.17, 15) is 0 Å². The summed E-state index contributed by atoms with van der Waals surface area (Å²) in [6.07, 6.45) is 0. The molecule has 0 saturated carbocycles. The molecule has 2 aliphatic rings. The first-order valence-corrected chi connectivity index (χ1v) is 21.2. The van der Waals surface area contributed by atoms with E-state index in [2.05, 4.69) is 187 Å². The van der Waals surface area contributed by atoms with Crippen molar-refractivity contribution in [2.24, 2.45) is 0 Å². The third-order valence-corrected chi connectivity index (χ3v) is 13.1. The van der Waals surface area contributed by atoms with Crippen LogP contribution < -0.4 is 0 Å². The number of nitrogens with zero attached hydrogens (tertiary/aromatic N) is 4. The van der Waals surface area contributed by atoms with Crippen molar-refractivity contribution >= 4 is 21.8 Å². The van der Waals surface area contributed by atoms with Gasteiger partial charge in [0.15, 0.2) is 17.5 Å². The molecule has 0 N–H and O–H groups in total. The van der Waals surface area contributed by atoms with Gasteiger partial charge in [0, 0.05) is 33.2 Å². The predicted octanol–water partition coefficient (Wildman–Crippen LogP) is 14.0. The Labute approximate surface area is 359 Å². The van der Waals surface area contributed by atoms with Crippen molar-refractivity contribution in [1.29, 1.82) is 0 Å². The molecule has 62 heavy (non-hydrogen) atoms. The smallest absolute Gasteiger partial charge is 0.164 e. The standard InChI is InChI=1S/C58H36N4/c1-4-18-37(19-5-1)55-59-56(38-20-6-2-7-21-38)61-57(60-55)45-28-17-33-52-54(45)46-36-39(34-35-51(46)62(52)40-22-8-3-9-23-40)41-27-16-32-50-53(41)44-26-12-15-31-49(44)58(50)47-29-13-10-24-42(47)43-25-11-14-30-48(43)58/h1-36H. The average Bonchev–Trinajstić information content (AvgIpc) is 3.96. The zero-order valence-electron chi connectivity index (χ0n) is 33.6. The van der Waals surface area contributed by atoms with Crippen LogP contribution in [-0.2, 0) is 5.41 Å². The van der Waals surface area contributed by atoms with Crippen molar-refractivity contribution in [2.75, 3.05) is 0 Å². The van der Waals surface area contributed by atoms with Gasteiger partial charge in [0.1, 0.15) is 0 Å². The van der Waals surface area contributed by atoms with Gasteiger partial charge in [-0.25, -0.2) is 15.0 Å². The van der Waals surface area contributed by atoms with E-state index in [1.54, 1.807) is 0 Å². The monoisotopic (exact) mass is 788 g/mol. The molecular formula is C58H36N4. The molecule has 0 bridgehead atoms. The maximum Gasteiger partial charge on any atom is 0.164 e. The number of aromatic nitrogens is 4. The maximum absolute atomic E-state index is 5.24. The summed E-state index contributed by atoms with van der Waals surface area (Å²) in [6, 6.07) is 78.6. The van der Waals surface area contributed by atoms with Crippen LogP contribution in [0.4, 0.5) is 0 Å². The summed E-state index contributed by atoms with van der Waals surface area (Å²) in [7, 11) is 0. The van der Waals surface area contributed by atoms with Crippen LogP contribution in [0.15, 0.2) is 218 Å². The highest BCUT2D eigenvalue weighted by Crippen LogP contribution is 2.64. The lowest BCUT2D eigenvalue weighted by atomic mass is 9.70. The molecule has 2 aromatic heterocycles. The van der Waals surface area contributed by atoms with Gasteiger partial charge in [-0.2, -0.15) is 0 Å². The van der Waals surface area contributed by atoms with Crippen LogP contribution in [0.5, 0.6) is 0 Å². The van der Waals surface area contributed by atoms with E-state index < -0.39 is 5.41 Å². The Morgan fingerprint density at radius 1 is 0.323 bits per heavy atom. The number of rotatable bonds is 5. The van der Waals surface area contributed by atoms with E-state index in [1.165, 1.54) is 50.1 Å². The van der Waals surface area contributed by atoms with Crippen LogP contribution in [0.2, 0.25) is 0 Å². The third-order valence-electron chi connectivity index (χ3n) is 13.1. The molecule has 0 atom stereocenters. The van der Waals surface area contributed by atoms with Crippen molar-refractivity contribution in [1.82, 2.24) is 19.5 Å². The van der Waals surface area contributed by atoms with Gasteiger partial charge in [0.05, 0.1) is 16.4 Å². The number of benzene rings is 9. The molecule has 4 heteroatoms. The number of para-hydroxylation sites is 1. The fraction of sp³-hybridized carbons (Fsp3) is 0.0172. The second-order valence-corrected chi connectivity index (χ2v) is 16.3. The van der Waals surface area contributed by atoms with E-state index in [0.29, 0.717) is 17.5 Å². The minimum absolute atomic E-state index is 0.415. The Kier molecular flexibility index (Phi) is 7.49. The zero-order chi connectivity index (χ0) is 40.8. The van der Waals surface area contributed by atoms with Gasteiger partial charge in [-0.15, -0.1) is 0 Å². The molecule has 0 aliphatic heterocycles. The molecule has 2 aliphatic carbocycles. The molecule has 0 fully saturated rings. The fourth-order valence-electron chi connectivity index (χ4n) is 10.6. The number of hydrogen-bond acceptors (Lipinski definition) is 3. The quantitative estimate of drug-likeness (QED) is 0.174. The fourth-order valence-corrected chi connectivity index (χ4v) is 10.6. The van der Waals surface area contributed by atoms with Crippen molar-refractivity contribution in [3.05, 3.63) is 241 Å². The molecule has 13 rings (SSSR count). The van der Waals surface area contributed by atoms with Crippen LogP contribution in [0.1, 0.15) is 22.3 Å². The third kappa shape index (κ3) is 4.86. The molecule has 2 heterocycles. The summed E-state index contributed by atoms with van der Waals surface area (Å²) in [5.41, 5.74) is 18.6. The molecule has 4 nitrogen and oxygen atoms in total. The molecule has 0 amide bonds. The molecule has 0 unspecified atom stereocenters. The average molecular weight is 789 g/mol. The molecule has 1 spiro atoms. The topological polar surface area (TPSA) is 43.6 Å². The first kappa shape index (κ1) is 34.6. The summed E-state index contributed by atoms with van der Waals surface area (Å²) in [5.74, 6) is 1.92. The molecule has 11 aromatic rings. The highest BCUT2D eigenvalue weighted by atomic mass is 15.0. The van der Waals surface area contributed by atoms with Gasteiger partial charge in [0.25, 0.3) is 0 Å². The van der Waals surface area contributed by atoms with Gasteiger partial charge < -0.3 is 4.57 Å². The van der Waals surface area contributed by atoms with E-state index in [1.807, 2.05) is 36.4 Å². The summed E-state index contributed by atoms with van der Waals surface area (Å²) in [6.45, 7) is 0. The van der Waals surface area contributed by atoms with Crippen molar-refractivity contribution < 1.29 is 0 Å². The van der Waals surface area contributed by atoms with Crippen LogP contribution in [0, 0.1) is 0 Å². The van der Waals surface area contributed by atoms with Gasteiger partial charge in [-0.05, 0) is 86.0 Å². The van der Waals surface area contributed by atoms with Crippen molar-refractivity contribution in [2.45, 2.75) is 5.41 Å². The Morgan fingerprint density at radius 3 is 1.45 bits per heavy atom. The predicted molar refractivity (Wildman–Crippen MR) is 252 cm³/mol. The van der Waals surface area contributed by atoms with Crippen LogP contribution >= 0.6 is 0 Å². The van der Waals surface area contributed by atoms with E-state index in [-0.39, 0.29) is 0 Å². The number of hydrogen-bond donors (Lipinski definition) is 0. The highest BCUT2D eigenvalue weighted by molar-refractivity contribution is 6.16. The SMILES string of the molecule is c1ccc(-c2nc(-c3ccccc3)nc(-c3cccc4c3c3cc(-c5cccc6c5-c5ccccc5C65c6ccccc6-c6ccccc65)ccc3n4-c3ccccc3)n2)cc1. The minimum atomic E-state index is -0.415. The van der Waals surface area contributed by atoms with Gasteiger partial charge >= 0.3 is 0 Å². The Hall–Kier alpha value is -8.21. The lowest BCUT2D eigenvalue weighted by Crippen LogP contribution is -2.25. The molecule has 0 saturated heterocycles. The molecule has 9 aromatic carbocycles. The molecule has 288 valence electrons. The lowest BCUT2D eigenvalue weighted by Gasteiger charge is -2.30. The summed E-state index contributed by atoms with van der Waals surface area (Å²) in [4.78, 5) is 15.5. The molecule has 0 radical (unpaired) electrons. The van der Waals surface area contributed by atoms with Gasteiger partial charge in [-0.1, -0.05) is 188 Å². The van der Waals surface area contributed by atoms with Gasteiger partial charge in [-0.3, -0.25) is 0 Å². The van der Waals surface area contributed by atoms with Crippen LogP contribution in [0.3, 0.4) is 0 Å². The normalized spacial score (nSPS) is 13.0. The Morgan fingerprint density at radius 2 is 0.806 bits per heavy atom. The Bertz CT molecular complexity index is 3470. The maximum atomic E-state index is 5.24. The lowest BCUT2D eigenvalue weighted by molar-refractivity contribution is 0.794. The van der Waals surface area contributed by atoms with Crippen LogP contribution in [0.25, 0.3) is 95.0 Å². The van der Waals surface area contributed by atoms with E-state index >= 15 is 0 Å². The van der Waals surface area contributed by atoms with Crippen molar-refractivity contribution in [3.8, 4) is 73.2 Å². The second kappa shape index (κ2) is 13.4. The van der Waals surface area contributed by atoms with E-state index in [0.717, 1.165) is 49.7 Å².